The van der Waals surface area contributed by atoms with Gasteiger partial charge in [-0.3, -0.25) is 9.59 Å². The average molecular weight is 287 g/mol. The number of carbonyl (C=O) groups is 1. The van der Waals surface area contributed by atoms with Crippen molar-refractivity contribution < 1.29 is 4.79 Å². The highest BCUT2D eigenvalue weighted by Gasteiger charge is 2.16. The maximum atomic E-state index is 12.0. The van der Waals surface area contributed by atoms with Crippen molar-refractivity contribution in [1.82, 2.24) is 9.47 Å². The van der Waals surface area contributed by atoms with Crippen LogP contribution in [0, 0.1) is 0 Å². The minimum Gasteiger partial charge on any atom is -0.338 e. The summed E-state index contributed by atoms with van der Waals surface area (Å²) < 4.78 is 1.44. The first-order valence-electron chi connectivity index (χ1n) is 4.97. The Labute approximate surface area is 103 Å². The number of hydrogen-bond acceptors (Lipinski definition) is 2. The number of halogens is 1. The molecule has 1 heterocycles. The molecule has 0 N–H and O–H groups in total. The van der Waals surface area contributed by atoms with E-state index in [1.807, 2.05) is 6.92 Å². The second-order valence-electron chi connectivity index (χ2n) is 3.78. The SMILES string of the molecule is CC(CBr)N(C)C(=O)c1ccn(C)c(=O)c1. The van der Waals surface area contributed by atoms with Crippen molar-refractivity contribution in [3.05, 3.63) is 34.2 Å². The summed E-state index contributed by atoms with van der Waals surface area (Å²) in [6.45, 7) is 1.94. The number of hydrogen-bond donors (Lipinski definition) is 0. The first-order chi connectivity index (χ1) is 7.47. The van der Waals surface area contributed by atoms with Crippen LogP contribution in [0.3, 0.4) is 0 Å². The van der Waals surface area contributed by atoms with Gasteiger partial charge in [0.1, 0.15) is 0 Å². The van der Waals surface area contributed by atoms with Crippen molar-refractivity contribution >= 4 is 21.8 Å². The van der Waals surface area contributed by atoms with Crippen LogP contribution in [0.5, 0.6) is 0 Å². The normalized spacial score (nSPS) is 12.2. The van der Waals surface area contributed by atoms with Crippen LogP contribution in [-0.4, -0.2) is 33.8 Å². The van der Waals surface area contributed by atoms with E-state index in [9.17, 15) is 9.59 Å². The lowest BCUT2D eigenvalue weighted by atomic mass is 10.2. The lowest BCUT2D eigenvalue weighted by Gasteiger charge is -2.23. The zero-order valence-electron chi connectivity index (χ0n) is 9.61. The number of amides is 1. The summed E-state index contributed by atoms with van der Waals surface area (Å²) in [5, 5.41) is 0.708. The van der Waals surface area contributed by atoms with E-state index in [0.29, 0.717) is 10.9 Å². The summed E-state index contributed by atoms with van der Waals surface area (Å²) in [5.41, 5.74) is 0.254. The van der Waals surface area contributed by atoms with E-state index in [1.165, 1.54) is 10.6 Å². The van der Waals surface area contributed by atoms with Gasteiger partial charge in [-0.05, 0) is 13.0 Å². The molecule has 5 heteroatoms. The second kappa shape index (κ2) is 5.30. The quantitative estimate of drug-likeness (QED) is 0.785. The van der Waals surface area contributed by atoms with E-state index in [0.717, 1.165) is 0 Å². The summed E-state index contributed by atoms with van der Waals surface area (Å²) in [5.74, 6) is -0.135. The molecule has 0 saturated carbocycles. The molecule has 0 bridgehead atoms. The number of pyridine rings is 1. The maximum Gasteiger partial charge on any atom is 0.254 e. The molecule has 0 saturated heterocycles. The molecular weight excluding hydrogens is 272 g/mol. The Balaban J connectivity index is 2.97. The summed E-state index contributed by atoms with van der Waals surface area (Å²) >= 11 is 3.32. The first-order valence-corrected chi connectivity index (χ1v) is 6.09. The summed E-state index contributed by atoms with van der Waals surface area (Å²) in [7, 11) is 3.38. The highest BCUT2D eigenvalue weighted by atomic mass is 79.9. The third kappa shape index (κ3) is 2.72. The maximum absolute atomic E-state index is 12.0. The van der Waals surface area contributed by atoms with Crippen LogP contribution in [0.15, 0.2) is 23.1 Å². The van der Waals surface area contributed by atoms with Gasteiger partial charge >= 0.3 is 0 Å². The van der Waals surface area contributed by atoms with Gasteiger partial charge in [-0.15, -0.1) is 0 Å². The topological polar surface area (TPSA) is 42.3 Å². The van der Waals surface area contributed by atoms with Gasteiger partial charge in [-0.25, -0.2) is 0 Å². The number of nitrogens with zero attached hydrogens (tertiary/aromatic N) is 2. The van der Waals surface area contributed by atoms with Gasteiger partial charge in [0.15, 0.2) is 0 Å². The van der Waals surface area contributed by atoms with Crippen molar-refractivity contribution in [2.24, 2.45) is 7.05 Å². The second-order valence-corrected chi connectivity index (χ2v) is 4.43. The Morgan fingerprint density at radius 3 is 2.75 bits per heavy atom. The van der Waals surface area contributed by atoms with Gasteiger partial charge in [0.25, 0.3) is 11.5 Å². The fourth-order valence-corrected chi connectivity index (χ4v) is 1.62. The van der Waals surface area contributed by atoms with E-state index in [4.69, 9.17) is 0 Å². The van der Waals surface area contributed by atoms with E-state index < -0.39 is 0 Å². The van der Waals surface area contributed by atoms with E-state index >= 15 is 0 Å². The molecular formula is C11H15BrN2O2. The van der Waals surface area contributed by atoms with Gasteiger partial charge in [0.2, 0.25) is 0 Å². The average Bonchev–Trinajstić information content (AvgIpc) is 2.29. The van der Waals surface area contributed by atoms with Gasteiger partial charge in [-0.1, -0.05) is 15.9 Å². The van der Waals surface area contributed by atoms with Crippen molar-refractivity contribution in [2.75, 3.05) is 12.4 Å². The van der Waals surface area contributed by atoms with Crippen LogP contribution in [0.4, 0.5) is 0 Å². The predicted octanol–water partition coefficient (Wildman–Crippen LogP) is 1.24. The molecule has 1 aromatic rings. The van der Waals surface area contributed by atoms with Crippen molar-refractivity contribution in [3.63, 3.8) is 0 Å². The molecule has 0 aliphatic carbocycles. The fraction of sp³-hybridized carbons (Fsp3) is 0.455. The Hall–Kier alpha value is -1.10. The molecule has 4 nitrogen and oxygen atoms in total. The molecule has 0 aromatic carbocycles. The zero-order valence-corrected chi connectivity index (χ0v) is 11.2. The number of aromatic nitrogens is 1. The molecule has 88 valence electrons. The number of aryl methyl sites for hydroxylation is 1. The summed E-state index contributed by atoms with van der Waals surface area (Å²) in [6.07, 6.45) is 1.60. The van der Waals surface area contributed by atoms with Crippen LogP contribution < -0.4 is 5.56 Å². The Bertz CT molecular complexity index is 442. The van der Waals surface area contributed by atoms with Crippen molar-refractivity contribution in [3.8, 4) is 0 Å². The molecule has 1 atom stereocenters. The van der Waals surface area contributed by atoms with Crippen molar-refractivity contribution in [1.29, 1.82) is 0 Å². The summed E-state index contributed by atoms with van der Waals surface area (Å²) in [6, 6.07) is 3.11. The number of carbonyl (C=O) groups excluding carboxylic acids is 1. The predicted molar refractivity (Wildman–Crippen MR) is 67.0 cm³/mol. The van der Waals surface area contributed by atoms with Gasteiger partial charge in [0.05, 0.1) is 0 Å². The number of alkyl halides is 1. The van der Waals surface area contributed by atoms with Crippen LogP contribution >= 0.6 is 15.9 Å². The molecule has 1 aromatic heterocycles. The van der Waals surface area contributed by atoms with Crippen LogP contribution in [-0.2, 0) is 7.05 Å². The molecule has 0 fully saturated rings. The first kappa shape index (κ1) is 13.0. The molecule has 1 rings (SSSR count). The third-order valence-electron chi connectivity index (χ3n) is 2.56. The lowest BCUT2D eigenvalue weighted by molar-refractivity contribution is 0.0758. The Kier molecular flexibility index (Phi) is 4.29. The van der Waals surface area contributed by atoms with E-state index in [1.54, 1.807) is 31.3 Å². The molecule has 1 amide bonds. The minimum absolute atomic E-state index is 0.0940. The van der Waals surface area contributed by atoms with Gasteiger partial charge in [-0.2, -0.15) is 0 Å². The van der Waals surface area contributed by atoms with Gasteiger partial charge < -0.3 is 9.47 Å². The molecule has 0 aliphatic rings. The molecule has 1 unspecified atom stereocenters. The molecule has 0 radical (unpaired) electrons. The van der Waals surface area contributed by atoms with Crippen molar-refractivity contribution in [2.45, 2.75) is 13.0 Å². The Morgan fingerprint density at radius 2 is 2.25 bits per heavy atom. The lowest BCUT2D eigenvalue weighted by Crippen LogP contribution is -2.36. The number of rotatable bonds is 3. The molecule has 0 aliphatic heterocycles. The monoisotopic (exact) mass is 286 g/mol. The van der Waals surface area contributed by atoms with E-state index in [2.05, 4.69) is 15.9 Å². The van der Waals surface area contributed by atoms with Gasteiger partial charge in [0, 0.05) is 43.3 Å². The minimum atomic E-state index is -0.175. The third-order valence-corrected chi connectivity index (χ3v) is 3.49. The summed E-state index contributed by atoms with van der Waals surface area (Å²) in [4.78, 5) is 25.0. The van der Waals surface area contributed by atoms with Crippen LogP contribution in [0.2, 0.25) is 0 Å². The standard InChI is InChI=1S/C11H15BrN2O2/c1-8(7-12)14(3)11(16)9-4-5-13(2)10(15)6-9/h4-6,8H,7H2,1-3H3. The smallest absolute Gasteiger partial charge is 0.254 e. The molecule has 16 heavy (non-hydrogen) atoms. The largest absolute Gasteiger partial charge is 0.338 e. The Morgan fingerprint density at radius 1 is 1.62 bits per heavy atom. The highest BCUT2D eigenvalue weighted by molar-refractivity contribution is 9.09. The van der Waals surface area contributed by atoms with E-state index in [-0.39, 0.29) is 17.5 Å². The zero-order chi connectivity index (χ0) is 12.3. The van der Waals surface area contributed by atoms with Crippen LogP contribution in [0.25, 0.3) is 0 Å². The van der Waals surface area contributed by atoms with Crippen LogP contribution in [0.1, 0.15) is 17.3 Å². The highest BCUT2D eigenvalue weighted by Crippen LogP contribution is 2.06. The molecule has 0 spiro atoms. The fourth-order valence-electron chi connectivity index (χ4n) is 1.19.